The van der Waals surface area contributed by atoms with Crippen LogP contribution in [0.15, 0.2) is 91.0 Å². The van der Waals surface area contributed by atoms with Crippen LogP contribution in [0.2, 0.25) is 0 Å². The van der Waals surface area contributed by atoms with Crippen molar-refractivity contribution in [3.63, 3.8) is 0 Å². The molecule has 28 heavy (non-hydrogen) atoms. The summed E-state index contributed by atoms with van der Waals surface area (Å²) in [6.07, 6.45) is 4.18. The third kappa shape index (κ3) is 5.28. The normalized spacial score (nSPS) is 14.1. The minimum absolute atomic E-state index is 0.170. The highest BCUT2D eigenvalue weighted by molar-refractivity contribution is 7.84. The minimum Gasteiger partial charge on any atom is -0.242 e. The lowest BCUT2D eigenvalue weighted by molar-refractivity contribution is 0.627. The Morgan fingerprint density at radius 1 is 0.821 bits per heavy atom. The predicted octanol–water partition coefficient (Wildman–Crippen LogP) is 6.16. The Morgan fingerprint density at radius 3 is 2.04 bits per heavy atom. The van der Waals surface area contributed by atoms with Gasteiger partial charge in [-0.25, -0.2) is 8.93 Å². The van der Waals surface area contributed by atoms with Crippen molar-refractivity contribution in [2.45, 2.75) is 31.6 Å². The van der Waals surface area contributed by atoms with Crippen LogP contribution in [0.3, 0.4) is 0 Å². The van der Waals surface area contributed by atoms with Gasteiger partial charge in [-0.15, -0.1) is 0 Å². The van der Waals surface area contributed by atoms with E-state index in [1.165, 1.54) is 0 Å². The Kier molecular flexibility index (Phi) is 6.61. The van der Waals surface area contributed by atoms with Crippen LogP contribution in [-0.4, -0.2) is 8.96 Å². The summed E-state index contributed by atoms with van der Waals surface area (Å²) in [5, 5.41) is 0. The summed E-state index contributed by atoms with van der Waals surface area (Å²) in [7, 11) is -1.19. The van der Waals surface area contributed by atoms with E-state index in [4.69, 9.17) is 0 Å². The van der Waals surface area contributed by atoms with E-state index in [-0.39, 0.29) is 10.8 Å². The largest absolute Gasteiger partial charge is 0.242 e. The first-order valence-electron chi connectivity index (χ1n) is 9.51. The molecule has 0 aliphatic heterocycles. The van der Waals surface area contributed by atoms with Gasteiger partial charge in [-0.3, -0.25) is 0 Å². The van der Waals surface area contributed by atoms with Crippen LogP contribution in [0.25, 0.3) is 17.2 Å². The van der Waals surface area contributed by atoms with E-state index in [9.17, 15) is 4.21 Å². The number of nitrogens with one attached hydrogen (secondary N) is 1. The van der Waals surface area contributed by atoms with E-state index in [0.29, 0.717) is 0 Å². The smallest absolute Gasteiger partial charge is 0.0978 e. The van der Waals surface area contributed by atoms with Gasteiger partial charge in [0.2, 0.25) is 0 Å². The molecule has 3 aromatic carbocycles. The lowest BCUT2D eigenvalue weighted by Crippen LogP contribution is -2.35. The molecular weight excluding hydrogens is 362 g/mol. The van der Waals surface area contributed by atoms with Crippen LogP contribution in [0, 0.1) is 0 Å². The predicted molar refractivity (Wildman–Crippen MR) is 121 cm³/mol. The van der Waals surface area contributed by atoms with Gasteiger partial charge in [-0.05, 0) is 43.0 Å². The Morgan fingerprint density at radius 2 is 1.39 bits per heavy atom. The molecule has 0 fully saturated rings. The molecule has 0 saturated heterocycles. The van der Waals surface area contributed by atoms with Crippen molar-refractivity contribution in [1.29, 1.82) is 0 Å². The van der Waals surface area contributed by atoms with E-state index in [1.54, 1.807) is 0 Å². The van der Waals surface area contributed by atoms with E-state index >= 15 is 0 Å². The molecule has 3 aromatic rings. The summed E-state index contributed by atoms with van der Waals surface area (Å²) in [5.41, 5.74) is 4.52. The van der Waals surface area contributed by atoms with Gasteiger partial charge < -0.3 is 0 Å². The molecule has 0 heterocycles. The van der Waals surface area contributed by atoms with Gasteiger partial charge in [-0.1, -0.05) is 97.1 Å². The molecule has 0 bridgehead atoms. The van der Waals surface area contributed by atoms with Gasteiger partial charge in [0.15, 0.2) is 0 Å². The van der Waals surface area contributed by atoms with Crippen molar-refractivity contribution in [2.24, 2.45) is 0 Å². The highest BCUT2D eigenvalue weighted by Crippen LogP contribution is 2.30. The topological polar surface area (TPSA) is 29.1 Å². The van der Waals surface area contributed by atoms with Crippen LogP contribution in [-0.2, 0) is 11.0 Å². The average Bonchev–Trinajstić information content (AvgIpc) is 2.71. The zero-order valence-corrected chi connectivity index (χ0v) is 17.4. The van der Waals surface area contributed by atoms with Crippen molar-refractivity contribution in [3.05, 3.63) is 102 Å². The molecule has 0 unspecified atom stereocenters. The molecule has 1 N–H and O–H groups in total. The average molecular weight is 390 g/mol. The first kappa shape index (κ1) is 20.2. The summed E-state index contributed by atoms with van der Waals surface area (Å²) in [6, 6.07) is 28.6. The summed E-state index contributed by atoms with van der Waals surface area (Å²) < 4.78 is 15.9. The fraction of sp³-hybridized carbons (Fsp3) is 0.200. The molecule has 0 amide bonds. The monoisotopic (exact) mass is 389 g/mol. The first-order valence-corrected chi connectivity index (χ1v) is 10.7. The molecule has 0 aliphatic rings. The van der Waals surface area contributed by atoms with Gasteiger partial charge in [0.25, 0.3) is 0 Å². The fourth-order valence-corrected chi connectivity index (χ4v) is 3.71. The molecule has 0 aromatic heterocycles. The van der Waals surface area contributed by atoms with Crippen LogP contribution < -0.4 is 4.72 Å². The standard InChI is InChI=1S/C25H27NOS/c1-25(2,3)28(27)26-24(19-18-20-12-6-4-7-13-20)23-17-11-10-16-22(23)21-14-8-5-9-15-21/h4-19,24,26H,1-3H3/b19-18+/t24-,28-/m1/s1. The van der Waals surface area contributed by atoms with Crippen LogP contribution in [0.5, 0.6) is 0 Å². The zero-order valence-electron chi connectivity index (χ0n) is 16.6. The summed E-state index contributed by atoms with van der Waals surface area (Å²) >= 11 is 0. The lowest BCUT2D eigenvalue weighted by atomic mass is 9.95. The van der Waals surface area contributed by atoms with Crippen LogP contribution in [0.1, 0.15) is 37.9 Å². The molecule has 0 spiro atoms. The second-order valence-electron chi connectivity index (χ2n) is 7.70. The maximum atomic E-state index is 12.9. The third-order valence-electron chi connectivity index (χ3n) is 4.45. The second kappa shape index (κ2) is 9.13. The van der Waals surface area contributed by atoms with Gasteiger partial charge in [0.1, 0.15) is 0 Å². The molecule has 2 atom stereocenters. The SMILES string of the molecule is CC(C)(C)[S@@](=O)N[C@H](/C=C/c1ccccc1)c1ccccc1-c1ccccc1. The molecule has 3 rings (SSSR count). The van der Waals surface area contributed by atoms with Crippen molar-refractivity contribution in [3.8, 4) is 11.1 Å². The minimum atomic E-state index is -1.19. The van der Waals surface area contributed by atoms with Crippen molar-refractivity contribution >= 4 is 17.1 Å². The summed E-state index contributed by atoms with van der Waals surface area (Å²) in [4.78, 5) is 0. The second-order valence-corrected chi connectivity index (χ2v) is 9.70. The maximum absolute atomic E-state index is 12.9. The van der Waals surface area contributed by atoms with Gasteiger partial charge in [0, 0.05) is 0 Å². The van der Waals surface area contributed by atoms with Crippen LogP contribution in [0.4, 0.5) is 0 Å². The van der Waals surface area contributed by atoms with Crippen molar-refractivity contribution in [2.75, 3.05) is 0 Å². The van der Waals surface area contributed by atoms with E-state index in [1.807, 2.05) is 69.3 Å². The first-order chi connectivity index (χ1) is 13.4. The van der Waals surface area contributed by atoms with E-state index in [2.05, 4.69) is 53.3 Å². The van der Waals surface area contributed by atoms with Gasteiger partial charge in [0.05, 0.1) is 21.8 Å². The Labute approximate surface area is 170 Å². The van der Waals surface area contributed by atoms with Gasteiger partial charge in [-0.2, -0.15) is 0 Å². The molecular formula is C25H27NOS. The Hall–Kier alpha value is -2.49. The number of benzene rings is 3. The number of hydrogen-bond acceptors (Lipinski definition) is 1. The Bertz CT molecular complexity index is 943. The molecule has 144 valence electrons. The fourth-order valence-electron chi connectivity index (χ4n) is 2.92. The van der Waals surface area contributed by atoms with Crippen molar-refractivity contribution < 1.29 is 4.21 Å². The molecule has 0 saturated carbocycles. The third-order valence-corrected chi connectivity index (χ3v) is 6.03. The lowest BCUT2D eigenvalue weighted by Gasteiger charge is -2.24. The molecule has 2 nitrogen and oxygen atoms in total. The number of rotatable bonds is 6. The zero-order chi connectivity index (χ0) is 20.0. The highest BCUT2D eigenvalue weighted by atomic mass is 32.2. The molecule has 3 heteroatoms. The molecule has 0 radical (unpaired) electrons. The van der Waals surface area contributed by atoms with Gasteiger partial charge >= 0.3 is 0 Å². The summed E-state index contributed by atoms with van der Waals surface area (Å²) in [6.45, 7) is 5.95. The molecule has 0 aliphatic carbocycles. The van der Waals surface area contributed by atoms with E-state index < -0.39 is 11.0 Å². The highest BCUT2D eigenvalue weighted by Gasteiger charge is 2.23. The van der Waals surface area contributed by atoms with Crippen LogP contribution >= 0.6 is 0 Å². The number of hydrogen-bond donors (Lipinski definition) is 1. The van der Waals surface area contributed by atoms with Crippen molar-refractivity contribution in [1.82, 2.24) is 4.72 Å². The van der Waals surface area contributed by atoms with E-state index in [0.717, 1.165) is 22.3 Å². The maximum Gasteiger partial charge on any atom is 0.0978 e. The Balaban J connectivity index is 2.02. The quantitative estimate of drug-likeness (QED) is 0.537. The summed E-state index contributed by atoms with van der Waals surface area (Å²) in [5.74, 6) is 0.